The number of carbonyl (C=O) groups excluding carboxylic acids is 1. The largest absolute Gasteiger partial charge is 0.307 e. The van der Waals surface area contributed by atoms with Crippen molar-refractivity contribution in [1.29, 1.82) is 0 Å². The molecule has 1 aliphatic rings. The van der Waals surface area contributed by atoms with Crippen molar-refractivity contribution in [3.63, 3.8) is 0 Å². The SMILES string of the molecule is CCS(=O)(=O)CCCC(=O)C1CCCCN1. The maximum Gasteiger partial charge on any atom is 0.150 e. The van der Waals surface area contributed by atoms with Gasteiger partial charge >= 0.3 is 0 Å². The van der Waals surface area contributed by atoms with E-state index < -0.39 is 9.84 Å². The minimum absolute atomic E-state index is 0.0296. The van der Waals surface area contributed by atoms with E-state index in [1.165, 1.54) is 0 Å². The van der Waals surface area contributed by atoms with E-state index in [4.69, 9.17) is 0 Å². The van der Waals surface area contributed by atoms with Crippen LogP contribution >= 0.6 is 0 Å². The second-order valence-corrected chi connectivity index (χ2v) is 6.78. The molecule has 0 aromatic heterocycles. The predicted octanol–water partition coefficient (Wildman–Crippen LogP) is 0.912. The normalized spacial score (nSPS) is 21.9. The number of carbonyl (C=O) groups is 1. The average molecular weight is 247 g/mol. The molecule has 1 atom stereocenters. The molecule has 1 rings (SSSR count). The lowest BCUT2D eigenvalue weighted by Crippen LogP contribution is -2.40. The van der Waals surface area contributed by atoms with Crippen molar-refractivity contribution < 1.29 is 13.2 Å². The molecule has 0 saturated carbocycles. The topological polar surface area (TPSA) is 63.2 Å². The number of rotatable bonds is 6. The van der Waals surface area contributed by atoms with Gasteiger partial charge in [0.25, 0.3) is 0 Å². The highest BCUT2D eigenvalue weighted by molar-refractivity contribution is 7.91. The summed E-state index contributed by atoms with van der Waals surface area (Å²) in [5.41, 5.74) is 0. The fraction of sp³-hybridized carbons (Fsp3) is 0.909. The molecule has 1 unspecified atom stereocenters. The molecule has 0 amide bonds. The van der Waals surface area contributed by atoms with Crippen molar-refractivity contribution in [1.82, 2.24) is 5.32 Å². The van der Waals surface area contributed by atoms with E-state index in [1.807, 2.05) is 0 Å². The summed E-state index contributed by atoms with van der Waals surface area (Å²) >= 11 is 0. The van der Waals surface area contributed by atoms with Crippen LogP contribution in [0.5, 0.6) is 0 Å². The third kappa shape index (κ3) is 4.61. The number of hydrogen-bond donors (Lipinski definition) is 1. The van der Waals surface area contributed by atoms with Crippen LogP contribution in [0, 0.1) is 0 Å². The van der Waals surface area contributed by atoms with E-state index in [0.29, 0.717) is 12.8 Å². The van der Waals surface area contributed by atoms with E-state index in [-0.39, 0.29) is 23.3 Å². The van der Waals surface area contributed by atoms with Gasteiger partial charge < -0.3 is 5.32 Å². The van der Waals surface area contributed by atoms with Crippen molar-refractivity contribution in [2.75, 3.05) is 18.1 Å². The van der Waals surface area contributed by atoms with Gasteiger partial charge in [-0.1, -0.05) is 13.3 Å². The van der Waals surface area contributed by atoms with E-state index >= 15 is 0 Å². The summed E-state index contributed by atoms with van der Waals surface area (Å²) in [4.78, 5) is 11.7. The predicted molar refractivity (Wildman–Crippen MR) is 64.2 cm³/mol. The number of sulfone groups is 1. The lowest BCUT2D eigenvalue weighted by atomic mass is 9.99. The highest BCUT2D eigenvalue weighted by Gasteiger charge is 2.20. The van der Waals surface area contributed by atoms with Crippen LogP contribution in [-0.2, 0) is 14.6 Å². The number of piperidine rings is 1. The van der Waals surface area contributed by atoms with Gasteiger partial charge in [0.05, 0.1) is 11.8 Å². The monoisotopic (exact) mass is 247 g/mol. The van der Waals surface area contributed by atoms with Crippen molar-refractivity contribution in [3.05, 3.63) is 0 Å². The summed E-state index contributed by atoms with van der Waals surface area (Å²) in [6.07, 6.45) is 3.98. The lowest BCUT2D eigenvalue weighted by Gasteiger charge is -2.22. The van der Waals surface area contributed by atoms with E-state index in [9.17, 15) is 13.2 Å². The molecule has 1 aliphatic heterocycles. The Hall–Kier alpha value is -0.420. The molecule has 0 bridgehead atoms. The molecular formula is C11H21NO3S. The van der Waals surface area contributed by atoms with Crippen LogP contribution in [0.15, 0.2) is 0 Å². The Kier molecular flexibility index (Phi) is 5.41. The maximum atomic E-state index is 11.7. The quantitative estimate of drug-likeness (QED) is 0.758. The van der Waals surface area contributed by atoms with Gasteiger partial charge in [0.15, 0.2) is 0 Å². The summed E-state index contributed by atoms with van der Waals surface area (Å²) in [6, 6.07) is -0.0296. The van der Waals surface area contributed by atoms with Crippen LogP contribution in [0.25, 0.3) is 0 Å². The van der Waals surface area contributed by atoms with Crippen molar-refractivity contribution in [2.24, 2.45) is 0 Å². The second-order valence-electron chi connectivity index (χ2n) is 4.31. The molecule has 1 fully saturated rings. The Balaban J connectivity index is 2.24. The molecule has 0 aromatic rings. The fourth-order valence-corrected chi connectivity index (χ4v) is 2.78. The van der Waals surface area contributed by atoms with Crippen molar-refractivity contribution >= 4 is 15.6 Å². The Bertz CT molecular complexity index is 318. The number of ketones is 1. The summed E-state index contributed by atoms with van der Waals surface area (Å²) in [7, 11) is -2.92. The molecule has 5 heteroatoms. The molecule has 0 radical (unpaired) electrons. The molecule has 0 aliphatic carbocycles. The van der Waals surface area contributed by atoms with Gasteiger partial charge in [0.2, 0.25) is 0 Å². The summed E-state index contributed by atoms with van der Waals surface area (Å²) in [6.45, 7) is 2.55. The Morgan fingerprint density at radius 1 is 1.38 bits per heavy atom. The van der Waals surface area contributed by atoms with Crippen LogP contribution in [0.4, 0.5) is 0 Å². The van der Waals surface area contributed by atoms with Gasteiger partial charge in [-0.25, -0.2) is 8.42 Å². The molecular weight excluding hydrogens is 226 g/mol. The maximum absolute atomic E-state index is 11.7. The molecule has 1 heterocycles. The minimum atomic E-state index is -2.92. The third-order valence-corrected chi connectivity index (χ3v) is 4.81. The smallest absolute Gasteiger partial charge is 0.150 e. The summed E-state index contributed by atoms with van der Waals surface area (Å²) < 4.78 is 22.5. The first kappa shape index (κ1) is 13.6. The lowest BCUT2D eigenvalue weighted by molar-refractivity contribution is -0.121. The van der Waals surface area contributed by atoms with Crippen LogP contribution in [-0.4, -0.2) is 38.3 Å². The van der Waals surface area contributed by atoms with Gasteiger partial charge in [-0.3, -0.25) is 4.79 Å². The van der Waals surface area contributed by atoms with E-state index in [1.54, 1.807) is 6.92 Å². The first-order valence-electron chi connectivity index (χ1n) is 6.01. The molecule has 94 valence electrons. The minimum Gasteiger partial charge on any atom is -0.307 e. The Morgan fingerprint density at radius 3 is 2.69 bits per heavy atom. The highest BCUT2D eigenvalue weighted by atomic mass is 32.2. The zero-order valence-corrected chi connectivity index (χ0v) is 10.7. The first-order chi connectivity index (χ1) is 7.55. The molecule has 16 heavy (non-hydrogen) atoms. The first-order valence-corrected chi connectivity index (χ1v) is 7.84. The molecule has 0 aromatic carbocycles. The zero-order chi connectivity index (χ0) is 12.0. The van der Waals surface area contributed by atoms with Crippen LogP contribution in [0.1, 0.15) is 39.0 Å². The second kappa shape index (κ2) is 6.35. The number of hydrogen-bond acceptors (Lipinski definition) is 4. The van der Waals surface area contributed by atoms with Gasteiger partial charge in [-0.05, 0) is 25.8 Å². The van der Waals surface area contributed by atoms with E-state index in [2.05, 4.69) is 5.32 Å². The van der Waals surface area contributed by atoms with Gasteiger partial charge in [0.1, 0.15) is 15.6 Å². The third-order valence-electron chi connectivity index (χ3n) is 3.02. The molecule has 0 spiro atoms. The van der Waals surface area contributed by atoms with Crippen molar-refractivity contribution in [3.8, 4) is 0 Å². The highest BCUT2D eigenvalue weighted by Crippen LogP contribution is 2.10. The van der Waals surface area contributed by atoms with E-state index in [0.717, 1.165) is 25.8 Å². The molecule has 1 saturated heterocycles. The van der Waals surface area contributed by atoms with Crippen LogP contribution < -0.4 is 5.32 Å². The Morgan fingerprint density at radius 2 is 2.12 bits per heavy atom. The Labute approximate surface area is 97.7 Å². The van der Waals surface area contributed by atoms with Gasteiger partial charge in [0, 0.05) is 12.2 Å². The molecule has 4 nitrogen and oxygen atoms in total. The van der Waals surface area contributed by atoms with Gasteiger partial charge in [-0.2, -0.15) is 0 Å². The number of nitrogens with one attached hydrogen (secondary N) is 1. The standard InChI is InChI=1S/C11H21NO3S/c1-2-16(14,15)9-5-7-11(13)10-6-3-4-8-12-10/h10,12H,2-9H2,1H3. The molecule has 1 N–H and O–H groups in total. The van der Waals surface area contributed by atoms with Crippen molar-refractivity contribution in [2.45, 2.75) is 45.1 Å². The van der Waals surface area contributed by atoms with Crippen LogP contribution in [0.3, 0.4) is 0 Å². The average Bonchev–Trinajstić information content (AvgIpc) is 2.30. The zero-order valence-electron chi connectivity index (χ0n) is 9.87. The summed E-state index contributed by atoms with van der Waals surface area (Å²) in [5, 5.41) is 3.18. The number of Topliss-reactive ketones (excluding diaryl/α,β-unsaturated/α-hetero) is 1. The fourth-order valence-electron chi connectivity index (χ4n) is 1.91. The van der Waals surface area contributed by atoms with Gasteiger partial charge in [-0.15, -0.1) is 0 Å². The summed E-state index contributed by atoms with van der Waals surface area (Å²) in [5.74, 6) is 0.483. The van der Waals surface area contributed by atoms with Crippen LogP contribution in [0.2, 0.25) is 0 Å².